The Morgan fingerprint density at radius 2 is 2.17 bits per heavy atom. The number of aromatic nitrogens is 1. The van der Waals surface area contributed by atoms with Gasteiger partial charge in [-0.25, -0.2) is 0 Å². The summed E-state index contributed by atoms with van der Waals surface area (Å²) >= 11 is 0. The van der Waals surface area contributed by atoms with Gasteiger partial charge in [-0.1, -0.05) is 12.1 Å². The molecule has 4 heteroatoms. The molecular weight excluding hydrogens is 226 g/mol. The van der Waals surface area contributed by atoms with Crippen LogP contribution in [0.5, 0.6) is 0 Å². The summed E-state index contributed by atoms with van der Waals surface area (Å²) in [6.45, 7) is 2.05. The first-order chi connectivity index (χ1) is 8.74. The van der Waals surface area contributed by atoms with E-state index in [9.17, 15) is 0 Å². The molecule has 1 aromatic carbocycles. The number of nitrogens with one attached hydrogen (secondary N) is 1. The first kappa shape index (κ1) is 10.7. The first-order valence-electron chi connectivity index (χ1n) is 5.70. The molecule has 0 aliphatic carbocycles. The largest absolute Gasteiger partial charge is 0.437 e. The number of nitrogen functional groups attached to an aromatic ring is 1. The number of nitrogens with two attached hydrogens (primary N) is 1. The van der Waals surface area contributed by atoms with Crippen molar-refractivity contribution >= 4 is 28.2 Å². The monoisotopic (exact) mass is 239 g/mol. The van der Waals surface area contributed by atoms with E-state index in [1.54, 1.807) is 12.4 Å². The molecule has 0 aliphatic rings. The highest BCUT2D eigenvalue weighted by Crippen LogP contribution is 2.34. The van der Waals surface area contributed by atoms with Crippen molar-refractivity contribution in [1.82, 2.24) is 4.98 Å². The lowest BCUT2D eigenvalue weighted by molar-refractivity contribution is 0.636. The summed E-state index contributed by atoms with van der Waals surface area (Å²) in [5, 5.41) is 4.22. The van der Waals surface area contributed by atoms with Crippen molar-refractivity contribution in [2.24, 2.45) is 0 Å². The van der Waals surface area contributed by atoms with Gasteiger partial charge in [0, 0.05) is 17.3 Å². The van der Waals surface area contributed by atoms with Crippen molar-refractivity contribution in [1.29, 1.82) is 0 Å². The molecule has 3 rings (SSSR count). The molecule has 0 aliphatic heterocycles. The molecule has 4 nitrogen and oxygen atoms in total. The van der Waals surface area contributed by atoms with Crippen molar-refractivity contribution in [3.05, 3.63) is 48.3 Å². The van der Waals surface area contributed by atoms with Crippen LogP contribution in [0.1, 0.15) is 5.56 Å². The lowest BCUT2D eigenvalue weighted by Crippen LogP contribution is -1.93. The summed E-state index contributed by atoms with van der Waals surface area (Å²) in [6, 6.07) is 9.98. The van der Waals surface area contributed by atoms with E-state index < -0.39 is 0 Å². The molecule has 0 bridgehead atoms. The van der Waals surface area contributed by atoms with Crippen LogP contribution in [0.3, 0.4) is 0 Å². The van der Waals surface area contributed by atoms with E-state index in [2.05, 4.69) is 16.4 Å². The quantitative estimate of drug-likeness (QED) is 0.718. The Morgan fingerprint density at radius 3 is 3.00 bits per heavy atom. The van der Waals surface area contributed by atoms with Gasteiger partial charge in [-0.3, -0.25) is 4.98 Å². The first-order valence-corrected chi connectivity index (χ1v) is 5.70. The third kappa shape index (κ3) is 1.78. The van der Waals surface area contributed by atoms with E-state index in [-0.39, 0.29) is 0 Å². The van der Waals surface area contributed by atoms with E-state index in [0.29, 0.717) is 11.5 Å². The average Bonchev–Trinajstić information content (AvgIpc) is 2.66. The molecule has 90 valence electrons. The van der Waals surface area contributed by atoms with E-state index in [4.69, 9.17) is 10.2 Å². The van der Waals surface area contributed by atoms with Crippen LogP contribution in [0.15, 0.2) is 47.1 Å². The number of aryl methyl sites for hydroxylation is 1. The fraction of sp³-hybridized carbons (Fsp3) is 0.0714. The molecular formula is C14H13N3O. The van der Waals surface area contributed by atoms with E-state index in [1.807, 2.05) is 31.2 Å². The average molecular weight is 239 g/mol. The van der Waals surface area contributed by atoms with Gasteiger partial charge in [0.15, 0.2) is 5.58 Å². The minimum absolute atomic E-state index is 0.375. The lowest BCUT2D eigenvalue weighted by Gasteiger charge is -2.05. The second-order valence-electron chi connectivity index (χ2n) is 4.21. The Bertz CT molecular complexity index is 703. The molecule has 3 aromatic rings. The minimum atomic E-state index is 0.375. The molecule has 0 saturated carbocycles. The van der Waals surface area contributed by atoms with E-state index in [1.165, 1.54) is 5.56 Å². The highest BCUT2D eigenvalue weighted by atomic mass is 16.3. The van der Waals surface area contributed by atoms with Gasteiger partial charge in [-0.15, -0.1) is 0 Å². The highest BCUT2D eigenvalue weighted by Gasteiger charge is 2.11. The Morgan fingerprint density at radius 1 is 1.28 bits per heavy atom. The topological polar surface area (TPSA) is 64.1 Å². The van der Waals surface area contributed by atoms with Gasteiger partial charge in [0.05, 0.1) is 6.20 Å². The zero-order valence-electron chi connectivity index (χ0n) is 9.97. The smallest absolute Gasteiger partial charge is 0.215 e. The fourth-order valence-corrected chi connectivity index (χ4v) is 1.97. The zero-order valence-corrected chi connectivity index (χ0v) is 9.97. The van der Waals surface area contributed by atoms with E-state index in [0.717, 1.165) is 16.8 Å². The SMILES string of the molecule is Cc1cccc(Nc2c(N)oc3cnccc23)c1. The maximum Gasteiger partial charge on any atom is 0.215 e. The molecule has 0 atom stereocenters. The normalized spacial score (nSPS) is 10.7. The van der Waals surface area contributed by atoms with E-state index >= 15 is 0 Å². The number of nitrogens with zero attached hydrogens (tertiary/aromatic N) is 1. The molecule has 2 aromatic heterocycles. The van der Waals surface area contributed by atoms with Gasteiger partial charge in [0.25, 0.3) is 0 Å². The maximum absolute atomic E-state index is 5.88. The van der Waals surface area contributed by atoms with Crippen molar-refractivity contribution in [2.75, 3.05) is 11.1 Å². The lowest BCUT2D eigenvalue weighted by atomic mass is 10.2. The summed E-state index contributed by atoms with van der Waals surface area (Å²) < 4.78 is 5.45. The third-order valence-corrected chi connectivity index (χ3v) is 2.81. The Hall–Kier alpha value is -2.49. The number of hydrogen-bond acceptors (Lipinski definition) is 4. The second kappa shape index (κ2) is 4.07. The van der Waals surface area contributed by atoms with Crippen LogP contribution in [0.2, 0.25) is 0 Å². The summed E-state index contributed by atoms with van der Waals surface area (Å²) in [5.74, 6) is 0.375. The molecule has 2 heterocycles. The van der Waals surface area contributed by atoms with Gasteiger partial charge in [-0.2, -0.15) is 0 Å². The Kier molecular flexibility index (Phi) is 2.41. The third-order valence-electron chi connectivity index (χ3n) is 2.81. The Balaban J connectivity index is 2.07. The van der Waals surface area contributed by atoms with Crippen LogP contribution in [-0.2, 0) is 0 Å². The minimum Gasteiger partial charge on any atom is -0.437 e. The van der Waals surface area contributed by atoms with Crippen molar-refractivity contribution in [2.45, 2.75) is 6.92 Å². The fourth-order valence-electron chi connectivity index (χ4n) is 1.97. The molecule has 0 saturated heterocycles. The molecule has 0 amide bonds. The molecule has 0 radical (unpaired) electrons. The predicted molar refractivity (Wildman–Crippen MR) is 72.9 cm³/mol. The number of anilines is 3. The number of benzene rings is 1. The summed E-state index contributed by atoms with van der Waals surface area (Å²) in [7, 11) is 0. The number of rotatable bonds is 2. The van der Waals surface area contributed by atoms with Crippen LogP contribution in [0.4, 0.5) is 17.3 Å². The number of furan rings is 1. The molecule has 18 heavy (non-hydrogen) atoms. The summed E-state index contributed by atoms with van der Waals surface area (Å²) in [6.07, 6.45) is 3.38. The van der Waals surface area contributed by atoms with Gasteiger partial charge >= 0.3 is 0 Å². The van der Waals surface area contributed by atoms with Gasteiger partial charge in [-0.05, 0) is 30.7 Å². The van der Waals surface area contributed by atoms with Gasteiger partial charge < -0.3 is 15.5 Å². The van der Waals surface area contributed by atoms with Crippen LogP contribution >= 0.6 is 0 Å². The second-order valence-corrected chi connectivity index (χ2v) is 4.21. The highest BCUT2D eigenvalue weighted by molar-refractivity contribution is 5.97. The number of hydrogen-bond donors (Lipinski definition) is 2. The van der Waals surface area contributed by atoms with Gasteiger partial charge in [0.2, 0.25) is 5.88 Å². The molecule has 0 unspecified atom stereocenters. The summed E-state index contributed by atoms with van der Waals surface area (Å²) in [4.78, 5) is 4.01. The van der Waals surface area contributed by atoms with Crippen molar-refractivity contribution in [3.8, 4) is 0 Å². The Labute approximate surface area is 104 Å². The predicted octanol–water partition coefficient (Wildman–Crippen LogP) is 3.46. The number of fused-ring (bicyclic) bond motifs is 1. The molecule has 0 spiro atoms. The standard InChI is InChI=1S/C14H13N3O/c1-9-3-2-4-10(7-9)17-13-11-5-6-16-8-12(11)18-14(13)15/h2-8,17H,15H2,1H3. The zero-order chi connectivity index (χ0) is 12.5. The van der Waals surface area contributed by atoms with Crippen molar-refractivity contribution in [3.63, 3.8) is 0 Å². The van der Waals surface area contributed by atoms with Gasteiger partial charge in [0.1, 0.15) is 5.69 Å². The molecule has 0 fully saturated rings. The van der Waals surface area contributed by atoms with Crippen LogP contribution in [-0.4, -0.2) is 4.98 Å². The van der Waals surface area contributed by atoms with Crippen LogP contribution in [0, 0.1) is 6.92 Å². The summed E-state index contributed by atoms with van der Waals surface area (Å²) in [5.41, 5.74) is 9.53. The molecule has 3 N–H and O–H groups in total. The van der Waals surface area contributed by atoms with Crippen LogP contribution < -0.4 is 11.1 Å². The maximum atomic E-state index is 5.88. The van der Waals surface area contributed by atoms with Crippen molar-refractivity contribution < 1.29 is 4.42 Å². The van der Waals surface area contributed by atoms with Crippen LogP contribution in [0.25, 0.3) is 11.0 Å². The number of pyridine rings is 1.